The van der Waals surface area contributed by atoms with E-state index in [4.69, 9.17) is 5.10 Å². The second-order valence-corrected chi connectivity index (χ2v) is 7.86. The smallest absolute Gasteiger partial charge is 0.267 e. The Morgan fingerprint density at radius 2 is 1.73 bits per heavy atom. The molecule has 0 amide bonds. The zero-order chi connectivity index (χ0) is 17.5. The van der Waals surface area contributed by atoms with Gasteiger partial charge in [-0.1, -0.05) is 0 Å². The van der Waals surface area contributed by atoms with Gasteiger partial charge in [0.25, 0.3) is 5.56 Å². The molecule has 1 unspecified atom stereocenters. The monoisotopic (exact) mass is 351 g/mol. The highest BCUT2D eigenvalue weighted by atomic mass is 16.1. The molecule has 2 aromatic heterocycles. The van der Waals surface area contributed by atoms with Crippen molar-refractivity contribution in [1.82, 2.24) is 20.0 Å². The third-order valence-electron chi connectivity index (χ3n) is 6.14. The second-order valence-electron chi connectivity index (χ2n) is 7.86. The van der Waals surface area contributed by atoms with E-state index in [0.29, 0.717) is 6.54 Å². The van der Waals surface area contributed by atoms with E-state index >= 15 is 0 Å². The molecule has 0 spiro atoms. The molecule has 1 atom stereocenters. The molecule has 136 valence electrons. The fourth-order valence-electron chi connectivity index (χ4n) is 4.72. The van der Waals surface area contributed by atoms with Gasteiger partial charge in [0, 0.05) is 12.6 Å². The average Bonchev–Trinajstić information content (AvgIpc) is 3.30. The molecule has 0 bridgehead atoms. The van der Waals surface area contributed by atoms with E-state index in [1.54, 1.807) is 4.68 Å². The van der Waals surface area contributed by atoms with Crippen molar-refractivity contribution in [2.75, 3.05) is 11.4 Å². The standard InChI is InChI=1S/C20H25N5O/c26-20-12-15-5-1-2-8-18(15)23-25(20)13-16-7-4-10-24(16)19-11-14-6-3-9-17(14)21-22-19/h11-12,16H,1-10,13H2. The largest absolute Gasteiger partial charge is 0.350 e. The lowest BCUT2D eigenvalue weighted by atomic mass is 9.97. The number of fused-ring (bicyclic) bond motifs is 2. The van der Waals surface area contributed by atoms with Crippen LogP contribution in [0.2, 0.25) is 0 Å². The van der Waals surface area contributed by atoms with E-state index in [2.05, 4.69) is 21.2 Å². The number of aromatic nitrogens is 4. The highest BCUT2D eigenvalue weighted by Gasteiger charge is 2.28. The van der Waals surface area contributed by atoms with Crippen molar-refractivity contribution < 1.29 is 0 Å². The average molecular weight is 351 g/mol. The molecule has 1 aliphatic heterocycles. The van der Waals surface area contributed by atoms with Gasteiger partial charge in [0.1, 0.15) is 0 Å². The van der Waals surface area contributed by atoms with Gasteiger partial charge in [0.15, 0.2) is 5.82 Å². The summed E-state index contributed by atoms with van der Waals surface area (Å²) in [6.45, 7) is 1.63. The van der Waals surface area contributed by atoms with Crippen molar-refractivity contribution in [3.05, 3.63) is 45.0 Å². The summed E-state index contributed by atoms with van der Waals surface area (Å²) >= 11 is 0. The lowest BCUT2D eigenvalue weighted by Gasteiger charge is -2.26. The van der Waals surface area contributed by atoms with Crippen LogP contribution in [0.3, 0.4) is 0 Å². The van der Waals surface area contributed by atoms with Gasteiger partial charge in [-0.15, -0.1) is 5.10 Å². The SMILES string of the molecule is O=c1cc2c(nn1CC1CCCN1c1cc3c(nn1)CCC3)CCCC2. The van der Waals surface area contributed by atoms with Crippen LogP contribution in [0.4, 0.5) is 5.82 Å². The third-order valence-corrected chi connectivity index (χ3v) is 6.14. The van der Waals surface area contributed by atoms with Crippen molar-refractivity contribution in [2.45, 2.75) is 70.4 Å². The summed E-state index contributed by atoms with van der Waals surface area (Å²) in [6.07, 6.45) is 9.91. The Kier molecular flexibility index (Phi) is 3.98. The zero-order valence-electron chi connectivity index (χ0n) is 15.2. The second kappa shape index (κ2) is 6.49. The highest BCUT2D eigenvalue weighted by Crippen LogP contribution is 2.28. The maximum atomic E-state index is 12.5. The molecule has 1 saturated heterocycles. The van der Waals surface area contributed by atoms with E-state index in [1.165, 1.54) is 24.8 Å². The molecule has 3 aliphatic rings. The van der Waals surface area contributed by atoms with Crippen LogP contribution >= 0.6 is 0 Å². The maximum Gasteiger partial charge on any atom is 0.267 e. The normalized spacial score (nSPS) is 21.7. The van der Waals surface area contributed by atoms with E-state index in [1.807, 2.05) is 6.07 Å². The topological polar surface area (TPSA) is 63.9 Å². The minimum atomic E-state index is 0.0394. The van der Waals surface area contributed by atoms with Crippen LogP contribution in [0.1, 0.15) is 54.6 Å². The highest BCUT2D eigenvalue weighted by molar-refractivity contribution is 5.44. The van der Waals surface area contributed by atoms with Crippen LogP contribution < -0.4 is 10.5 Å². The van der Waals surface area contributed by atoms with Crippen molar-refractivity contribution in [2.24, 2.45) is 0 Å². The Balaban J connectivity index is 1.40. The number of hydrogen-bond donors (Lipinski definition) is 0. The van der Waals surface area contributed by atoms with Gasteiger partial charge in [0.2, 0.25) is 0 Å². The first-order valence-electron chi connectivity index (χ1n) is 10.00. The molecule has 6 nitrogen and oxygen atoms in total. The summed E-state index contributed by atoms with van der Waals surface area (Å²) in [4.78, 5) is 14.9. The number of aryl methyl sites for hydroxylation is 4. The van der Waals surface area contributed by atoms with Crippen LogP contribution in [0.5, 0.6) is 0 Å². The predicted octanol–water partition coefficient (Wildman–Crippen LogP) is 2.07. The van der Waals surface area contributed by atoms with E-state index in [0.717, 1.165) is 67.8 Å². The Labute approximate surface area is 153 Å². The molecule has 0 saturated carbocycles. The minimum Gasteiger partial charge on any atom is -0.350 e. The maximum absolute atomic E-state index is 12.5. The van der Waals surface area contributed by atoms with Gasteiger partial charge in [0.05, 0.1) is 24.0 Å². The summed E-state index contributed by atoms with van der Waals surface area (Å²) in [5, 5.41) is 13.6. The Morgan fingerprint density at radius 3 is 2.69 bits per heavy atom. The van der Waals surface area contributed by atoms with E-state index in [9.17, 15) is 4.79 Å². The molecular formula is C20H25N5O. The van der Waals surface area contributed by atoms with Crippen molar-refractivity contribution in [1.29, 1.82) is 0 Å². The van der Waals surface area contributed by atoms with Gasteiger partial charge in [-0.3, -0.25) is 4.79 Å². The molecule has 1 fully saturated rings. The van der Waals surface area contributed by atoms with Crippen LogP contribution in [0, 0.1) is 0 Å². The summed E-state index contributed by atoms with van der Waals surface area (Å²) in [7, 11) is 0. The van der Waals surface area contributed by atoms with Gasteiger partial charge < -0.3 is 4.90 Å². The van der Waals surface area contributed by atoms with Gasteiger partial charge >= 0.3 is 0 Å². The fraction of sp³-hybridized carbons (Fsp3) is 0.600. The molecule has 26 heavy (non-hydrogen) atoms. The summed E-state index contributed by atoms with van der Waals surface area (Å²) in [5.41, 5.74) is 4.84. The molecule has 2 aliphatic carbocycles. The summed E-state index contributed by atoms with van der Waals surface area (Å²) < 4.78 is 1.69. The number of nitrogens with zero attached hydrogens (tertiary/aromatic N) is 5. The van der Waals surface area contributed by atoms with E-state index < -0.39 is 0 Å². The molecule has 6 heteroatoms. The quantitative estimate of drug-likeness (QED) is 0.847. The van der Waals surface area contributed by atoms with Gasteiger partial charge in [-0.2, -0.15) is 10.2 Å². The molecule has 0 radical (unpaired) electrons. The van der Waals surface area contributed by atoms with Crippen LogP contribution in [0.25, 0.3) is 0 Å². The lowest BCUT2D eigenvalue weighted by Crippen LogP contribution is -2.38. The minimum absolute atomic E-state index is 0.0394. The number of rotatable bonds is 3. The summed E-state index contributed by atoms with van der Waals surface area (Å²) in [5.74, 6) is 0.971. The third kappa shape index (κ3) is 2.81. The van der Waals surface area contributed by atoms with Crippen LogP contribution in [0.15, 0.2) is 16.9 Å². The van der Waals surface area contributed by atoms with Crippen molar-refractivity contribution in [3.8, 4) is 0 Å². The molecule has 2 aromatic rings. The van der Waals surface area contributed by atoms with Gasteiger partial charge in [-0.25, -0.2) is 4.68 Å². The zero-order valence-corrected chi connectivity index (χ0v) is 15.2. The van der Waals surface area contributed by atoms with Crippen LogP contribution in [-0.4, -0.2) is 32.6 Å². The Morgan fingerprint density at radius 1 is 0.923 bits per heavy atom. The molecular weight excluding hydrogens is 326 g/mol. The van der Waals surface area contributed by atoms with Crippen LogP contribution in [-0.2, 0) is 32.2 Å². The fourth-order valence-corrected chi connectivity index (χ4v) is 4.72. The summed E-state index contributed by atoms with van der Waals surface area (Å²) in [6, 6.07) is 4.31. The number of hydrogen-bond acceptors (Lipinski definition) is 5. The first-order valence-corrected chi connectivity index (χ1v) is 10.00. The first-order chi connectivity index (χ1) is 12.8. The predicted molar refractivity (Wildman–Crippen MR) is 99.6 cm³/mol. The molecule has 3 heterocycles. The lowest BCUT2D eigenvalue weighted by molar-refractivity contribution is 0.471. The Hall–Kier alpha value is -2.24. The van der Waals surface area contributed by atoms with Crippen molar-refractivity contribution in [3.63, 3.8) is 0 Å². The Bertz CT molecular complexity index is 890. The number of anilines is 1. The molecule has 0 N–H and O–H groups in total. The van der Waals surface area contributed by atoms with Gasteiger partial charge in [-0.05, 0) is 75.0 Å². The molecule has 5 rings (SSSR count). The van der Waals surface area contributed by atoms with Crippen molar-refractivity contribution >= 4 is 5.82 Å². The van der Waals surface area contributed by atoms with E-state index in [-0.39, 0.29) is 11.6 Å². The molecule has 0 aromatic carbocycles. The first kappa shape index (κ1) is 16.0.